The summed E-state index contributed by atoms with van der Waals surface area (Å²) in [4.78, 5) is 11.0. The quantitative estimate of drug-likeness (QED) is 0.368. The van der Waals surface area contributed by atoms with E-state index in [0.717, 1.165) is 25.2 Å². The Labute approximate surface area is 192 Å². The summed E-state index contributed by atoms with van der Waals surface area (Å²) in [5.41, 5.74) is 5.27. The van der Waals surface area contributed by atoms with Crippen molar-refractivity contribution in [2.24, 2.45) is 16.7 Å². The summed E-state index contributed by atoms with van der Waals surface area (Å²) in [6, 6.07) is 0. The van der Waals surface area contributed by atoms with E-state index in [2.05, 4.69) is 60.6 Å². The number of aliphatic hydroxyl groups is 1. The fourth-order valence-electron chi connectivity index (χ4n) is 5.17. The molecule has 0 saturated heterocycles. The Morgan fingerprint density at radius 3 is 2.26 bits per heavy atom. The minimum absolute atomic E-state index is 0.125. The normalized spacial score (nSPS) is 28.3. The number of ether oxygens (including phenoxy) is 1. The van der Waals surface area contributed by atoms with Crippen molar-refractivity contribution >= 4 is 5.97 Å². The second kappa shape index (κ2) is 12.6. The molecule has 3 aliphatic rings. The van der Waals surface area contributed by atoms with Gasteiger partial charge in [0.15, 0.2) is 0 Å². The highest BCUT2D eigenvalue weighted by Gasteiger charge is 2.62. The van der Waals surface area contributed by atoms with Crippen molar-refractivity contribution in [3.63, 3.8) is 0 Å². The van der Waals surface area contributed by atoms with Crippen LogP contribution in [0.3, 0.4) is 0 Å². The fraction of sp³-hybridized carbons (Fsp3) is 0.750. The van der Waals surface area contributed by atoms with E-state index in [0.29, 0.717) is 5.41 Å². The molecule has 2 bridgehead atoms. The number of fused-ring (bicyclic) bond motifs is 2. The highest BCUT2D eigenvalue weighted by molar-refractivity contribution is 5.66. The van der Waals surface area contributed by atoms with Gasteiger partial charge in [-0.1, -0.05) is 62.6 Å². The minimum atomic E-state index is -0.125. The highest BCUT2D eigenvalue weighted by atomic mass is 16.5. The van der Waals surface area contributed by atoms with Gasteiger partial charge in [0.25, 0.3) is 0 Å². The zero-order chi connectivity index (χ0) is 23.7. The molecule has 3 rings (SSSR count). The molecular formula is C28H48O3. The first-order chi connectivity index (χ1) is 14.5. The minimum Gasteiger partial charge on any atom is -0.462 e. The Bertz CT molecular complexity index is 664. The monoisotopic (exact) mass is 432 g/mol. The number of aliphatic hydroxyl groups excluding tert-OH is 1. The summed E-state index contributed by atoms with van der Waals surface area (Å²) in [7, 11) is 0. The van der Waals surface area contributed by atoms with Crippen LogP contribution in [0.15, 0.2) is 34.9 Å². The molecule has 2 saturated carbocycles. The van der Waals surface area contributed by atoms with Gasteiger partial charge in [-0.05, 0) is 83.5 Å². The van der Waals surface area contributed by atoms with E-state index >= 15 is 0 Å². The lowest BCUT2D eigenvalue weighted by Gasteiger charge is -2.38. The van der Waals surface area contributed by atoms with E-state index in [1.165, 1.54) is 44.6 Å². The molecule has 0 spiro atoms. The van der Waals surface area contributed by atoms with Crippen molar-refractivity contribution in [2.45, 2.75) is 113 Å². The second-order valence-corrected chi connectivity index (χ2v) is 10.5. The lowest BCUT2D eigenvalue weighted by atomic mass is 9.70. The van der Waals surface area contributed by atoms with Crippen LogP contribution in [-0.2, 0) is 9.53 Å². The first-order valence-corrected chi connectivity index (χ1v) is 12.2. The molecule has 0 heterocycles. The van der Waals surface area contributed by atoms with Crippen molar-refractivity contribution in [1.82, 2.24) is 0 Å². The molecule has 3 heteroatoms. The maximum absolute atomic E-state index is 11.0. The Balaban J connectivity index is 0.000000249. The lowest BCUT2D eigenvalue weighted by molar-refractivity contribution is -0.154. The topological polar surface area (TPSA) is 46.5 Å². The molecule has 0 radical (unpaired) electrons. The summed E-state index contributed by atoms with van der Waals surface area (Å²) in [5, 5.41) is 8.24. The lowest BCUT2D eigenvalue weighted by Crippen LogP contribution is -2.37. The largest absolute Gasteiger partial charge is 0.462 e. The summed E-state index contributed by atoms with van der Waals surface area (Å²) < 4.78 is 5.44. The molecule has 1 N–H and O–H groups in total. The Kier molecular flexibility index (Phi) is 11.3. The van der Waals surface area contributed by atoms with Crippen LogP contribution in [0.1, 0.15) is 107 Å². The van der Waals surface area contributed by atoms with Gasteiger partial charge in [0, 0.05) is 18.9 Å². The maximum Gasteiger partial charge on any atom is 0.302 e. The standard InChI is InChI=1S/C12H20O2.C10H16.C6H12O/c1-8(13)14-10-7-9-5-6-12(10,4)11(9,2)3;1-8(2)10-6-4-9(3)5-7-10;1-2-3-4-5-6-7/h9-10H,5-7H2,1-4H3;4H,5-7H2,1-3H3;3-4,7H,2,5-6H2,1H3. The molecule has 0 aliphatic heterocycles. The van der Waals surface area contributed by atoms with E-state index in [1.807, 2.05) is 6.08 Å². The van der Waals surface area contributed by atoms with Gasteiger partial charge in [0.2, 0.25) is 0 Å². The van der Waals surface area contributed by atoms with Crippen molar-refractivity contribution in [3.05, 3.63) is 34.9 Å². The Hall–Kier alpha value is -1.35. The third kappa shape index (κ3) is 7.63. The van der Waals surface area contributed by atoms with Crippen LogP contribution < -0.4 is 0 Å². The van der Waals surface area contributed by atoms with Gasteiger partial charge in [-0.15, -0.1) is 0 Å². The predicted molar refractivity (Wildman–Crippen MR) is 132 cm³/mol. The molecule has 3 unspecified atom stereocenters. The molecule has 3 nitrogen and oxygen atoms in total. The van der Waals surface area contributed by atoms with Gasteiger partial charge in [0.1, 0.15) is 6.10 Å². The van der Waals surface area contributed by atoms with Gasteiger partial charge in [0.05, 0.1) is 0 Å². The van der Waals surface area contributed by atoms with Crippen LogP contribution in [0, 0.1) is 16.7 Å². The molecular weight excluding hydrogens is 384 g/mol. The number of hydrogen-bond donors (Lipinski definition) is 1. The average Bonchev–Trinajstić information content (AvgIpc) is 3.03. The summed E-state index contributed by atoms with van der Waals surface area (Å²) in [5.74, 6) is 0.622. The number of esters is 1. The molecule has 3 atom stereocenters. The maximum atomic E-state index is 11.0. The highest BCUT2D eigenvalue weighted by Crippen LogP contribution is 2.66. The van der Waals surface area contributed by atoms with Crippen LogP contribution in [0.5, 0.6) is 0 Å². The smallest absolute Gasteiger partial charge is 0.302 e. The number of carbonyl (C=O) groups is 1. The van der Waals surface area contributed by atoms with Crippen LogP contribution in [0.25, 0.3) is 0 Å². The molecule has 2 fully saturated rings. The van der Waals surface area contributed by atoms with E-state index < -0.39 is 0 Å². The fourth-order valence-corrected chi connectivity index (χ4v) is 5.17. The van der Waals surface area contributed by atoms with Crippen LogP contribution >= 0.6 is 0 Å². The Morgan fingerprint density at radius 1 is 1.19 bits per heavy atom. The van der Waals surface area contributed by atoms with Gasteiger partial charge < -0.3 is 9.84 Å². The van der Waals surface area contributed by atoms with Crippen molar-refractivity contribution in [3.8, 4) is 0 Å². The molecule has 0 amide bonds. The summed E-state index contributed by atoms with van der Waals surface area (Å²) in [6.07, 6.45) is 15.8. The third-order valence-corrected chi connectivity index (χ3v) is 7.95. The number of hydrogen-bond acceptors (Lipinski definition) is 3. The molecule has 0 aromatic rings. The molecule has 0 aromatic heterocycles. The van der Waals surface area contributed by atoms with Gasteiger partial charge in [-0.25, -0.2) is 0 Å². The zero-order valence-electron chi connectivity index (χ0n) is 21.5. The Morgan fingerprint density at radius 2 is 1.87 bits per heavy atom. The van der Waals surface area contributed by atoms with Crippen molar-refractivity contribution in [1.29, 1.82) is 0 Å². The van der Waals surface area contributed by atoms with Gasteiger partial charge in [-0.2, -0.15) is 0 Å². The SMILES string of the molecule is CC(=O)OC1CC2CCC1(C)C2(C)C.CC1=CCC(=C(C)C)CC1.CCC=CCCO. The summed E-state index contributed by atoms with van der Waals surface area (Å²) in [6.45, 7) is 17.5. The molecule has 3 aliphatic carbocycles. The van der Waals surface area contributed by atoms with Crippen LogP contribution in [-0.4, -0.2) is 23.8 Å². The number of carbonyl (C=O) groups excluding carboxylic acids is 1. The van der Waals surface area contributed by atoms with E-state index in [4.69, 9.17) is 9.84 Å². The van der Waals surface area contributed by atoms with Crippen molar-refractivity contribution < 1.29 is 14.6 Å². The van der Waals surface area contributed by atoms with Crippen LogP contribution in [0.2, 0.25) is 0 Å². The summed E-state index contributed by atoms with van der Waals surface area (Å²) >= 11 is 0. The molecule has 0 aromatic carbocycles. The number of rotatable bonds is 4. The van der Waals surface area contributed by atoms with E-state index in [9.17, 15) is 4.79 Å². The van der Waals surface area contributed by atoms with Gasteiger partial charge in [-0.3, -0.25) is 4.79 Å². The first kappa shape index (κ1) is 27.7. The number of allylic oxidation sites excluding steroid dienone is 5. The van der Waals surface area contributed by atoms with E-state index in [1.54, 1.807) is 11.1 Å². The molecule has 31 heavy (non-hydrogen) atoms. The van der Waals surface area contributed by atoms with Crippen molar-refractivity contribution in [2.75, 3.05) is 6.61 Å². The third-order valence-electron chi connectivity index (χ3n) is 7.95. The molecule has 178 valence electrons. The predicted octanol–water partition coefficient (Wildman–Crippen LogP) is 7.55. The van der Waals surface area contributed by atoms with Crippen LogP contribution in [0.4, 0.5) is 0 Å². The van der Waals surface area contributed by atoms with Gasteiger partial charge >= 0.3 is 5.97 Å². The zero-order valence-corrected chi connectivity index (χ0v) is 21.5. The first-order valence-electron chi connectivity index (χ1n) is 12.2. The average molecular weight is 433 g/mol. The second-order valence-electron chi connectivity index (χ2n) is 10.5. The van der Waals surface area contributed by atoms with E-state index in [-0.39, 0.29) is 24.1 Å².